The third kappa shape index (κ3) is 19.8. The summed E-state index contributed by atoms with van der Waals surface area (Å²) in [7, 11) is 0. The minimum atomic E-state index is -1.07. The minimum absolute atomic E-state index is 0.445. The zero-order valence-electron chi connectivity index (χ0n) is 25.5. The molecule has 7 nitrogen and oxygen atoms in total. The number of carboxylic acids is 3. The summed E-state index contributed by atoms with van der Waals surface area (Å²) in [4.78, 5) is 34.3. The van der Waals surface area contributed by atoms with E-state index in [-0.39, 0.29) is 0 Å². The van der Waals surface area contributed by atoms with Crippen LogP contribution in [-0.2, 0) is 14.4 Å². The number of allylic oxidation sites excluding steroid dienone is 2. The van der Waals surface area contributed by atoms with Crippen molar-refractivity contribution in [2.45, 2.75) is 130 Å². The number of rotatable bonds is 27. The molecule has 3 unspecified atom stereocenters. The lowest BCUT2D eigenvalue weighted by atomic mass is 10.0. The lowest BCUT2D eigenvalue weighted by Gasteiger charge is -2.41. The van der Waals surface area contributed by atoms with Gasteiger partial charge in [-0.05, 0) is 32.1 Å². The first-order chi connectivity index (χ1) is 18.5. The molecule has 0 heterocycles. The Bertz CT molecular complexity index is 632. The molecule has 0 amide bonds. The summed E-state index contributed by atoms with van der Waals surface area (Å²) in [6.07, 6.45) is 21.9. The maximum Gasteiger partial charge on any atom is 0.306 e. The smallest absolute Gasteiger partial charge is 0.306 e. The monoisotopic (exact) mass is 553 g/mol. The summed E-state index contributed by atoms with van der Waals surface area (Å²) >= 11 is 0. The Morgan fingerprint density at radius 2 is 1.00 bits per heavy atom. The summed E-state index contributed by atoms with van der Waals surface area (Å²) in [6.45, 7) is 9.91. The van der Waals surface area contributed by atoms with E-state index in [0.29, 0.717) is 43.4 Å². The number of hydrogen-bond donors (Lipinski definition) is 2. The van der Waals surface area contributed by atoms with Crippen LogP contribution in [0.15, 0.2) is 12.2 Å². The second kappa shape index (κ2) is 22.9. The van der Waals surface area contributed by atoms with Gasteiger partial charge in [-0.25, -0.2) is 0 Å². The Labute approximate surface area is 238 Å². The lowest BCUT2D eigenvalue weighted by Crippen LogP contribution is -2.52. The van der Waals surface area contributed by atoms with Gasteiger partial charge in [0.25, 0.3) is 0 Å². The highest BCUT2D eigenvalue weighted by Crippen LogP contribution is 2.22. The number of carboxylic acid groups (broad SMARTS) is 3. The van der Waals surface area contributed by atoms with Gasteiger partial charge in [0.05, 0.1) is 38.0 Å². The zero-order chi connectivity index (χ0) is 29.5. The van der Waals surface area contributed by atoms with Crippen molar-refractivity contribution in [2.24, 2.45) is 17.8 Å². The average Bonchev–Trinajstić information content (AvgIpc) is 2.90. The molecule has 2 N–H and O–H groups in total. The first kappa shape index (κ1) is 37.1. The molecule has 0 spiro atoms. The molecular weight excluding hydrogens is 494 g/mol. The fraction of sp³-hybridized carbons (Fsp3) is 0.844. The lowest BCUT2D eigenvalue weighted by molar-refractivity contribution is -0.929. The molecule has 0 aliphatic carbocycles. The molecule has 0 bridgehead atoms. The SMILES string of the molecule is CCC/C=C/CCCCCCCCCCCC[N+](CCC(C)C(=O)[O-])(CCC(C)C(=O)O)CCC(C)C(=O)O. The predicted octanol–water partition coefficient (Wildman–Crippen LogP) is 6.45. The average molecular weight is 554 g/mol. The van der Waals surface area contributed by atoms with Gasteiger partial charge in [-0.2, -0.15) is 0 Å². The number of nitrogens with zero attached hydrogens (tertiary/aromatic N) is 1. The number of hydrogen-bond acceptors (Lipinski definition) is 4. The Morgan fingerprint density at radius 3 is 1.41 bits per heavy atom. The fourth-order valence-corrected chi connectivity index (χ4v) is 4.96. The second-order valence-corrected chi connectivity index (χ2v) is 11.9. The first-order valence-electron chi connectivity index (χ1n) is 15.7. The van der Waals surface area contributed by atoms with E-state index < -0.39 is 35.7 Å². The molecule has 228 valence electrons. The van der Waals surface area contributed by atoms with Crippen LogP contribution in [0.1, 0.15) is 130 Å². The van der Waals surface area contributed by atoms with Crippen molar-refractivity contribution in [3.8, 4) is 0 Å². The van der Waals surface area contributed by atoms with Crippen LogP contribution < -0.4 is 5.11 Å². The van der Waals surface area contributed by atoms with E-state index in [0.717, 1.165) is 25.8 Å². The van der Waals surface area contributed by atoms with Gasteiger partial charge < -0.3 is 24.6 Å². The first-order valence-corrected chi connectivity index (χ1v) is 15.7. The number of carbonyl (C=O) groups is 3. The fourth-order valence-electron chi connectivity index (χ4n) is 4.96. The van der Waals surface area contributed by atoms with Crippen molar-refractivity contribution in [1.29, 1.82) is 0 Å². The van der Waals surface area contributed by atoms with Crippen LogP contribution in [0, 0.1) is 17.8 Å². The molecule has 39 heavy (non-hydrogen) atoms. The van der Waals surface area contributed by atoms with Gasteiger partial charge in [-0.3, -0.25) is 9.59 Å². The Hall–Kier alpha value is -1.89. The summed E-state index contributed by atoms with van der Waals surface area (Å²) in [6, 6.07) is 0. The molecule has 0 aromatic rings. The number of carbonyl (C=O) groups excluding carboxylic acids is 1. The van der Waals surface area contributed by atoms with Gasteiger partial charge in [0.2, 0.25) is 0 Å². The number of unbranched alkanes of at least 4 members (excludes halogenated alkanes) is 11. The highest BCUT2D eigenvalue weighted by atomic mass is 16.4. The molecule has 0 aromatic heterocycles. The van der Waals surface area contributed by atoms with E-state index >= 15 is 0 Å². The maximum absolute atomic E-state index is 11.5. The molecule has 0 saturated heterocycles. The van der Waals surface area contributed by atoms with Crippen molar-refractivity contribution in [3.05, 3.63) is 12.2 Å². The van der Waals surface area contributed by atoms with Crippen molar-refractivity contribution < 1.29 is 34.2 Å². The Morgan fingerprint density at radius 1 is 0.615 bits per heavy atom. The largest absolute Gasteiger partial charge is 0.550 e. The molecule has 0 rings (SSSR count). The van der Waals surface area contributed by atoms with Crippen molar-refractivity contribution in [2.75, 3.05) is 26.2 Å². The predicted molar refractivity (Wildman–Crippen MR) is 156 cm³/mol. The molecular formula is C32H59NO6. The normalized spacial score (nSPS) is 15.6. The van der Waals surface area contributed by atoms with Crippen LogP contribution in [0.5, 0.6) is 0 Å². The van der Waals surface area contributed by atoms with E-state index in [9.17, 15) is 29.7 Å². The van der Waals surface area contributed by atoms with Crippen LogP contribution in [0.25, 0.3) is 0 Å². The van der Waals surface area contributed by atoms with E-state index in [1.807, 2.05) is 0 Å². The minimum Gasteiger partial charge on any atom is -0.550 e. The van der Waals surface area contributed by atoms with Crippen molar-refractivity contribution in [3.63, 3.8) is 0 Å². The zero-order valence-corrected chi connectivity index (χ0v) is 25.5. The van der Waals surface area contributed by atoms with Gasteiger partial charge in [-0.15, -0.1) is 0 Å². The molecule has 0 aromatic carbocycles. The molecule has 0 aliphatic heterocycles. The quantitative estimate of drug-likeness (QED) is 0.0686. The van der Waals surface area contributed by atoms with Crippen LogP contribution in [0.2, 0.25) is 0 Å². The third-order valence-corrected chi connectivity index (χ3v) is 8.23. The van der Waals surface area contributed by atoms with Crippen LogP contribution in [-0.4, -0.2) is 58.8 Å². The third-order valence-electron chi connectivity index (χ3n) is 8.23. The van der Waals surface area contributed by atoms with Crippen LogP contribution in [0.4, 0.5) is 0 Å². The van der Waals surface area contributed by atoms with E-state index in [1.165, 1.54) is 64.2 Å². The highest BCUT2D eigenvalue weighted by Gasteiger charge is 2.30. The maximum atomic E-state index is 11.5. The summed E-state index contributed by atoms with van der Waals surface area (Å²) in [5.41, 5.74) is 0. The molecule has 0 radical (unpaired) electrons. The molecule has 3 atom stereocenters. The van der Waals surface area contributed by atoms with E-state index in [4.69, 9.17) is 0 Å². The van der Waals surface area contributed by atoms with Crippen molar-refractivity contribution >= 4 is 17.9 Å². The van der Waals surface area contributed by atoms with E-state index in [2.05, 4.69) is 19.1 Å². The second-order valence-electron chi connectivity index (χ2n) is 11.9. The molecule has 7 heteroatoms. The topological polar surface area (TPSA) is 115 Å². The van der Waals surface area contributed by atoms with Gasteiger partial charge in [0.15, 0.2) is 0 Å². The Balaban J connectivity index is 4.70. The molecule has 0 saturated carbocycles. The van der Waals surface area contributed by atoms with Crippen LogP contribution in [0.3, 0.4) is 0 Å². The van der Waals surface area contributed by atoms with Gasteiger partial charge >= 0.3 is 11.9 Å². The number of aliphatic carboxylic acids is 3. The van der Waals surface area contributed by atoms with Crippen LogP contribution >= 0.6 is 0 Å². The molecule has 0 fully saturated rings. The standard InChI is InChI=1S/C32H59NO6/c1-5-6-7-8-9-10-11-12-13-14-15-16-17-18-19-23-33(24-20-27(2)30(34)35,25-21-28(3)31(36)37)26-22-29(4)32(38)39/h7-8,27-29H,5-6,9-26H2,1-4H3,(H2-,34,35,36,37,38,39)/b8-7+. The van der Waals surface area contributed by atoms with Crippen molar-refractivity contribution in [1.82, 2.24) is 0 Å². The summed E-state index contributed by atoms with van der Waals surface area (Å²) in [5.74, 6) is -4.31. The van der Waals surface area contributed by atoms with Gasteiger partial charge in [0.1, 0.15) is 0 Å². The van der Waals surface area contributed by atoms with E-state index in [1.54, 1.807) is 20.8 Å². The Kier molecular flexibility index (Phi) is 21.8. The van der Waals surface area contributed by atoms with Gasteiger partial charge in [-0.1, -0.05) is 91.2 Å². The molecule has 0 aliphatic rings. The van der Waals surface area contributed by atoms with Gasteiger partial charge in [0, 0.05) is 31.1 Å². The summed E-state index contributed by atoms with van der Waals surface area (Å²) in [5, 5.41) is 30.2. The number of quaternary nitrogens is 1. The summed E-state index contributed by atoms with van der Waals surface area (Å²) < 4.78 is 0.584. The highest BCUT2D eigenvalue weighted by molar-refractivity contribution is 5.69.